The monoisotopic (exact) mass is 456 g/mol. The molecule has 1 aromatic heterocycles. The molecule has 1 N–H and O–H groups in total. The van der Waals surface area contributed by atoms with Crippen LogP contribution in [0.5, 0.6) is 11.6 Å². The highest BCUT2D eigenvalue weighted by molar-refractivity contribution is 9.10. The van der Waals surface area contributed by atoms with Gasteiger partial charge in [-0.15, -0.1) is 16.8 Å². The summed E-state index contributed by atoms with van der Waals surface area (Å²) in [4.78, 5) is 4.59. The van der Waals surface area contributed by atoms with Gasteiger partial charge in [-0.25, -0.2) is 0 Å². The Balaban J connectivity index is 1.83. The Labute approximate surface area is 175 Å². The summed E-state index contributed by atoms with van der Waals surface area (Å²) in [7, 11) is 1.64. The van der Waals surface area contributed by atoms with Crippen LogP contribution in [0.3, 0.4) is 0 Å². The molecule has 0 amide bonds. The molecule has 6 nitrogen and oxygen atoms in total. The van der Waals surface area contributed by atoms with Gasteiger partial charge in [0.1, 0.15) is 5.75 Å². The highest BCUT2D eigenvalue weighted by atomic mass is 79.9. The molecule has 8 heteroatoms. The van der Waals surface area contributed by atoms with Crippen molar-refractivity contribution >= 4 is 33.4 Å². The minimum Gasteiger partial charge on any atom is -0.496 e. The molecule has 0 spiro atoms. The molecule has 0 aliphatic carbocycles. The molecule has 0 radical (unpaired) electrons. The maximum Gasteiger partial charge on any atom is 0.247 e. The van der Waals surface area contributed by atoms with Gasteiger partial charge in [0.25, 0.3) is 0 Å². The summed E-state index contributed by atoms with van der Waals surface area (Å²) < 4.78 is 12.7. The van der Waals surface area contributed by atoms with Crippen LogP contribution in [0.4, 0.5) is 5.69 Å². The zero-order valence-corrected chi connectivity index (χ0v) is 17.5. The number of halogens is 1. The van der Waals surface area contributed by atoms with E-state index in [2.05, 4.69) is 43.0 Å². The zero-order chi connectivity index (χ0) is 19.5. The molecule has 1 unspecified atom stereocenters. The summed E-state index contributed by atoms with van der Waals surface area (Å²) in [5, 5.41) is 12.6. The predicted molar refractivity (Wildman–Crippen MR) is 114 cm³/mol. The Bertz CT molecular complexity index is 1030. The number of nitrogens with one attached hydrogen (secondary N) is 1. The number of thioether (sulfide) groups is 1. The first-order chi connectivity index (χ1) is 13.7. The second-order valence-corrected chi connectivity index (χ2v) is 7.82. The van der Waals surface area contributed by atoms with E-state index in [1.54, 1.807) is 13.2 Å². The first-order valence-corrected chi connectivity index (χ1v) is 10.3. The number of aromatic nitrogens is 3. The molecule has 4 rings (SSSR count). The number of methoxy groups -OCH3 is 1. The number of benzene rings is 2. The molecule has 1 aliphatic rings. The van der Waals surface area contributed by atoms with Gasteiger partial charge in [-0.2, -0.15) is 4.98 Å². The summed E-state index contributed by atoms with van der Waals surface area (Å²) >= 11 is 4.98. The van der Waals surface area contributed by atoms with Gasteiger partial charge in [-0.1, -0.05) is 52.0 Å². The van der Waals surface area contributed by atoms with E-state index >= 15 is 0 Å². The summed E-state index contributed by atoms with van der Waals surface area (Å²) in [5.41, 5.74) is 3.21. The fraction of sp³-hybridized carbons (Fsp3) is 0.150. The summed E-state index contributed by atoms with van der Waals surface area (Å²) in [6.45, 7) is 3.73. The third kappa shape index (κ3) is 3.70. The number of para-hydroxylation sites is 1. The highest BCUT2D eigenvalue weighted by Gasteiger charge is 2.28. The van der Waals surface area contributed by atoms with Crippen molar-refractivity contribution in [2.75, 3.05) is 18.2 Å². The van der Waals surface area contributed by atoms with Gasteiger partial charge in [-0.05, 0) is 24.3 Å². The van der Waals surface area contributed by atoms with E-state index in [0.29, 0.717) is 28.2 Å². The zero-order valence-electron chi connectivity index (χ0n) is 15.1. The predicted octanol–water partition coefficient (Wildman–Crippen LogP) is 5.09. The minimum atomic E-state index is -0.510. The lowest BCUT2D eigenvalue weighted by molar-refractivity contribution is 0.219. The smallest absolute Gasteiger partial charge is 0.247 e. The van der Waals surface area contributed by atoms with Crippen LogP contribution in [0.2, 0.25) is 0 Å². The molecule has 1 aliphatic heterocycles. The summed E-state index contributed by atoms with van der Waals surface area (Å²) in [6.07, 6.45) is 1.29. The van der Waals surface area contributed by atoms with E-state index in [-0.39, 0.29) is 0 Å². The normalized spacial score (nSPS) is 14.7. The second kappa shape index (κ2) is 8.20. The van der Waals surface area contributed by atoms with Gasteiger partial charge in [0, 0.05) is 21.5 Å². The quantitative estimate of drug-likeness (QED) is 0.423. The maximum atomic E-state index is 6.28. The number of rotatable bonds is 5. The number of hydrogen-bond donors (Lipinski definition) is 1. The van der Waals surface area contributed by atoms with E-state index in [1.165, 1.54) is 11.8 Å². The highest BCUT2D eigenvalue weighted by Crippen LogP contribution is 2.41. The van der Waals surface area contributed by atoms with Gasteiger partial charge >= 0.3 is 0 Å². The molecule has 142 valence electrons. The van der Waals surface area contributed by atoms with Crippen molar-refractivity contribution in [3.63, 3.8) is 0 Å². The van der Waals surface area contributed by atoms with Crippen molar-refractivity contribution in [1.82, 2.24) is 15.2 Å². The van der Waals surface area contributed by atoms with Gasteiger partial charge in [0.2, 0.25) is 17.3 Å². The van der Waals surface area contributed by atoms with Crippen molar-refractivity contribution in [1.29, 1.82) is 0 Å². The number of nitrogens with zero attached hydrogens (tertiary/aromatic N) is 3. The Kier molecular flexibility index (Phi) is 5.50. The Morgan fingerprint density at radius 3 is 2.96 bits per heavy atom. The average Bonchev–Trinajstić information content (AvgIpc) is 2.88. The molecule has 0 saturated carbocycles. The Morgan fingerprint density at radius 2 is 2.14 bits per heavy atom. The molecular weight excluding hydrogens is 440 g/mol. The number of hydrogen-bond acceptors (Lipinski definition) is 7. The van der Waals surface area contributed by atoms with Crippen LogP contribution in [0.15, 0.2) is 64.7 Å². The first kappa shape index (κ1) is 18.8. The third-order valence-corrected chi connectivity index (χ3v) is 5.46. The maximum absolute atomic E-state index is 6.28. The standard InChI is InChI=1S/C20H17BrN4O2S/c1-3-10-28-20-23-19-17(24-25-20)13-6-4-5-7-15(13)22-18(27-19)14-11-12(21)8-9-16(14)26-2/h3-9,11,18,22H,1,10H2,2H3. The third-order valence-electron chi connectivity index (χ3n) is 4.14. The minimum absolute atomic E-state index is 0.422. The largest absolute Gasteiger partial charge is 0.496 e. The molecule has 0 bridgehead atoms. The molecule has 0 fully saturated rings. The van der Waals surface area contributed by atoms with Gasteiger partial charge in [0.15, 0.2) is 5.69 Å². The fourth-order valence-corrected chi connectivity index (χ4v) is 3.78. The molecule has 2 heterocycles. The van der Waals surface area contributed by atoms with Gasteiger partial charge in [0.05, 0.1) is 12.7 Å². The van der Waals surface area contributed by atoms with Crippen LogP contribution >= 0.6 is 27.7 Å². The van der Waals surface area contributed by atoms with Crippen LogP contribution in [-0.4, -0.2) is 28.0 Å². The van der Waals surface area contributed by atoms with Crippen molar-refractivity contribution in [3.8, 4) is 22.9 Å². The van der Waals surface area contributed by atoms with Crippen molar-refractivity contribution in [2.24, 2.45) is 0 Å². The van der Waals surface area contributed by atoms with Crippen molar-refractivity contribution < 1.29 is 9.47 Å². The van der Waals surface area contributed by atoms with Crippen LogP contribution < -0.4 is 14.8 Å². The SMILES string of the molecule is C=CCSc1nnc2c(n1)OC(c1cc(Br)ccc1OC)Nc1ccccc1-2. The molecular formula is C20H17BrN4O2S. The van der Waals surface area contributed by atoms with Crippen LogP contribution in [0, 0.1) is 0 Å². The van der Waals surface area contributed by atoms with E-state index in [0.717, 1.165) is 21.3 Å². The lowest BCUT2D eigenvalue weighted by Gasteiger charge is -2.21. The van der Waals surface area contributed by atoms with Crippen LogP contribution in [0.1, 0.15) is 11.8 Å². The van der Waals surface area contributed by atoms with E-state index in [1.807, 2.05) is 42.5 Å². The number of anilines is 1. The molecule has 1 atom stereocenters. The lowest BCUT2D eigenvalue weighted by atomic mass is 10.1. The van der Waals surface area contributed by atoms with Crippen LogP contribution in [0.25, 0.3) is 11.3 Å². The van der Waals surface area contributed by atoms with Crippen LogP contribution in [-0.2, 0) is 0 Å². The fourth-order valence-electron chi connectivity index (χ4n) is 2.89. The Morgan fingerprint density at radius 1 is 1.29 bits per heavy atom. The average molecular weight is 457 g/mol. The van der Waals surface area contributed by atoms with E-state index in [4.69, 9.17) is 9.47 Å². The van der Waals surface area contributed by atoms with Gasteiger partial charge in [-0.3, -0.25) is 0 Å². The van der Waals surface area contributed by atoms with E-state index in [9.17, 15) is 0 Å². The molecule has 2 aromatic carbocycles. The first-order valence-electron chi connectivity index (χ1n) is 8.54. The number of ether oxygens (including phenoxy) is 2. The van der Waals surface area contributed by atoms with Gasteiger partial charge < -0.3 is 14.8 Å². The molecule has 28 heavy (non-hydrogen) atoms. The van der Waals surface area contributed by atoms with Crippen molar-refractivity contribution in [3.05, 3.63) is 65.2 Å². The second-order valence-electron chi connectivity index (χ2n) is 5.92. The van der Waals surface area contributed by atoms with E-state index < -0.39 is 6.23 Å². The summed E-state index contributed by atoms with van der Waals surface area (Å²) in [5.74, 6) is 1.83. The van der Waals surface area contributed by atoms with Crippen molar-refractivity contribution in [2.45, 2.75) is 11.4 Å². The number of fused-ring (bicyclic) bond motifs is 3. The lowest BCUT2D eigenvalue weighted by Crippen LogP contribution is -2.18. The topological polar surface area (TPSA) is 69.2 Å². The summed E-state index contributed by atoms with van der Waals surface area (Å²) in [6, 6.07) is 13.6. The molecule has 0 saturated heterocycles. The Hall–Kier alpha value is -2.58. The molecule has 3 aromatic rings.